The van der Waals surface area contributed by atoms with Crippen LogP contribution in [-0.2, 0) is 6.42 Å². The Morgan fingerprint density at radius 2 is 1.85 bits per heavy atom. The van der Waals surface area contributed by atoms with Gasteiger partial charge < -0.3 is 15.8 Å². The molecule has 0 spiro atoms. The SMILES string of the molecule is COc1cccc(NCCc2cc(F)cc(F)c2)c1N. The molecule has 0 aliphatic rings. The second-order valence-electron chi connectivity index (χ2n) is 4.38. The number of benzene rings is 2. The van der Waals surface area contributed by atoms with Gasteiger partial charge in [-0.3, -0.25) is 0 Å². The normalized spacial score (nSPS) is 10.3. The lowest BCUT2D eigenvalue weighted by molar-refractivity contribution is 0.417. The van der Waals surface area contributed by atoms with Crippen molar-refractivity contribution in [3.05, 3.63) is 53.6 Å². The van der Waals surface area contributed by atoms with Crippen LogP contribution in [0.25, 0.3) is 0 Å². The molecule has 3 N–H and O–H groups in total. The van der Waals surface area contributed by atoms with Crippen molar-refractivity contribution in [1.82, 2.24) is 0 Å². The van der Waals surface area contributed by atoms with Gasteiger partial charge in [0.15, 0.2) is 0 Å². The number of anilines is 2. The number of hydrogen-bond donors (Lipinski definition) is 2. The van der Waals surface area contributed by atoms with Gasteiger partial charge in [0.05, 0.1) is 18.5 Å². The van der Waals surface area contributed by atoms with E-state index >= 15 is 0 Å². The first-order valence-electron chi connectivity index (χ1n) is 6.21. The van der Waals surface area contributed by atoms with Gasteiger partial charge in [0.25, 0.3) is 0 Å². The van der Waals surface area contributed by atoms with Crippen LogP contribution in [0.3, 0.4) is 0 Å². The predicted molar refractivity (Wildman–Crippen MR) is 76.0 cm³/mol. The highest BCUT2D eigenvalue weighted by Gasteiger charge is 2.05. The van der Waals surface area contributed by atoms with Gasteiger partial charge in [0, 0.05) is 12.6 Å². The van der Waals surface area contributed by atoms with Crippen LogP contribution >= 0.6 is 0 Å². The monoisotopic (exact) mass is 278 g/mol. The molecule has 2 rings (SSSR count). The maximum Gasteiger partial charge on any atom is 0.143 e. The summed E-state index contributed by atoms with van der Waals surface area (Å²) in [5.74, 6) is -0.548. The van der Waals surface area contributed by atoms with Crippen molar-refractivity contribution < 1.29 is 13.5 Å². The Bertz CT molecular complexity index is 582. The third kappa shape index (κ3) is 3.38. The van der Waals surface area contributed by atoms with Gasteiger partial charge in [0.1, 0.15) is 17.4 Å². The lowest BCUT2D eigenvalue weighted by Gasteiger charge is -2.12. The van der Waals surface area contributed by atoms with E-state index in [1.165, 1.54) is 12.1 Å². The number of methoxy groups -OCH3 is 1. The lowest BCUT2D eigenvalue weighted by Crippen LogP contribution is -2.08. The topological polar surface area (TPSA) is 47.3 Å². The summed E-state index contributed by atoms with van der Waals surface area (Å²) in [6.07, 6.45) is 0.491. The molecular formula is C15H16F2N2O. The third-order valence-electron chi connectivity index (χ3n) is 2.94. The fourth-order valence-electron chi connectivity index (χ4n) is 1.97. The summed E-state index contributed by atoms with van der Waals surface area (Å²) in [5.41, 5.74) is 7.76. The molecule has 0 atom stereocenters. The van der Waals surface area contributed by atoms with Crippen molar-refractivity contribution >= 4 is 11.4 Å². The number of para-hydroxylation sites is 1. The minimum atomic E-state index is -0.569. The van der Waals surface area contributed by atoms with Crippen molar-refractivity contribution in [2.24, 2.45) is 0 Å². The van der Waals surface area contributed by atoms with Crippen LogP contribution in [0.1, 0.15) is 5.56 Å². The van der Waals surface area contributed by atoms with Crippen LogP contribution in [0.2, 0.25) is 0 Å². The average molecular weight is 278 g/mol. The minimum absolute atomic E-state index is 0.491. The molecular weight excluding hydrogens is 262 g/mol. The first kappa shape index (κ1) is 14.1. The summed E-state index contributed by atoms with van der Waals surface area (Å²) in [6, 6.07) is 8.90. The summed E-state index contributed by atoms with van der Waals surface area (Å²) in [5, 5.41) is 3.13. The van der Waals surface area contributed by atoms with Gasteiger partial charge >= 0.3 is 0 Å². The fraction of sp³-hybridized carbons (Fsp3) is 0.200. The van der Waals surface area contributed by atoms with Crippen LogP contribution in [-0.4, -0.2) is 13.7 Å². The zero-order valence-corrected chi connectivity index (χ0v) is 11.1. The van der Waals surface area contributed by atoms with Gasteiger partial charge in [-0.05, 0) is 36.2 Å². The van der Waals surface area contributed by atoms with Gasteiger partial charge in [0.2, 0.25) is 0 Å². The van der Waals surface area contributed by atoms with E-state index in [9.17, 15) is 8.78 Å². The van der Waals surface area contributed by atoms with Crippen molar-refractivity contribution in [3.8, 4) is 5.75 Å². The molecule has 0 saturated heterocycles. The molecule has 0 aliphatic heterocycles. The second kappa shape index (κ2) is 6.23. The maximum absolute atomic E-state index is 13.0. The molecule has 0 aromatic heterocycles. The predicted octanol–water partition coefficient (Wildman–Crippen LogP) is 3.21. The van der Waals surface area contributed by atoms with Gasteiger partial charge in [-0.15, -0.1) is 0 Å². The van der Waals surface area contributed by atoms with Crippen LogP contribution in [0.15, 0.2) is 36.4 Å². The highest BCUT2D eigenvalue weighted by molar-refractivity contribution is 5.72. The molecule has 0 amide bonds. The summed E-state index contributed by atoms with van der Waals surface area (Å²) in [4.78, 5) is 0. The van der Waals surface area contributed by atoms with Gasteiger partial charge in [-0.1, -0.05) is 6.07 Å². The van der Waals surface area contributed by atoms with Crippen molar-refractivity contribution in [2.75, 3.05) is 24.7 Å². The van der Waals surface area contributed by atoms with Crippen LogP contribution in [0, 0.1) is 11.6 Å². The van der Waals surface area contributed by atoms with E-state index in [2.05, 4.69) is 5.32 Å². The standard InChI is InChI=1S/C15H16F2N2O/c1-20-14-4-2-3-13(15(14)18)19-6-5-10-7-11(16)9-12(17)8-10/h2-4,7-9,19H,5-6,18H2,1H3. The van der Waals surface area contributed by atoms with Crippen molar-refractivity contribution in [1.29, 1.82) is 0 Å². The molecule has 2 aromatic carbocycles. The smallest absolute Gasteiger partial charge is 0.143 e. The molecule has 0 unspecified atom stereocenters. The lowest BCUT2D eigenvalue weighted by atomic mass is 10.1. The first-order chi connectivity index (χ1) is 9.60. The Morgan fingerprint density at radius 1 is 1.15 bits per heavy atom. The second-order valence-corrected chi connectivity index (χ2v) is 4.38. The van der Waals surface area contributed by atoms with E-state index in [-0.39, 0.29) is 0 Å². The minimum Gasteiger partial charge on any atom is -0.495 e. The van der Waals surface area contributed by atoms with Gasteiger partial charge in [-0.2, -0.15) is 0 Å². The maximum atomic E-state index is 13.0. The number of rotatable bonds is 5. The van der Waals surface area contributed by atoms with Crippen molar-refractivity contribution in [3.63, 3.8) is 0 Å². The average Bonchev–Trinajstić information content (AvgIpc) is 2.39. The fourth-order valence-corrected chi connectivity index (χ4v) is 1.97. The zero-order chi connectivity index (χ0) is 14.5. The van der Waals surface area contributed by atoms with E-state index < -0.39 is 11.6 Å². The highest BCUT2D eigenvalue weighted by atomic mass is 19.1. The van der Waals surface area contributed by atoms with E-state index in [0.29, 0.717) is 30.0 Å². The number of nitrogens with one attached hydrogen (secondary N) is 1. The van der Waals surface area contributed by atoms with Crippen LogP contribution in [0.4, 0.5) is 20.2 Å². The molecule has 0 heterocycles. The molecule has 0 bridgehead atoms. The van der Waals surface area contributed by atoms with Crippen LogP contribution in [0.5, 0.6) is 5.75 Å². The number of halogens is 2. The number of nitrogen functional groups attached to an aromatic ring is 1. The number of hydrogen-bond acceptors (Lipinski definition) is 3. The van der Waals surface area contributed by atoms with Crippen LogP contribution < -0.4 is 15.8 Å². The quantitative estimate of drug-likeness (QED) is 0.826. The van der Waals surface area contributed by atoms with E-state index in [1.807, 2.05) is 12.1 Å². The van der Waals surface area contributed by atoms with E-state index in [4.69, 9.17) is 10.5 Å². The molecule has 0 radical (unpaired) electrons. The first-order valence-corrected chi connectivity index (χ1v) is 6.21. The van der Waals surface area contributed by atoms with Crippen molar-refractivity contribution in [2.45, 2.75) is 6.42 Å². The zero-order valence-electron chi connectivity index (χ0n) is 11.1. The van der Waals surface area contributed by atoms with E-state index in [1.54, 1.807) is 13.2 Å². The molecule has 0 fully saturated rings. The molecule has 106 valence electrons. The highest BCUT2D eigenvalue weighted by Crippen LogP contribution is 2.28. The van der Waals surface area contributed by atoms with Gasteiger partial charge in [-0.25, -0.2) is 8.78 Å². The summed E-state index contributed by atoms with van der Waals surface area (Å²) < 4.78 is 31.2. The van der Waals surface area contributed by atoms with E-state index in [0.717, 1.165) is 11.8 Å². The molecule has 5 heteroatoms. The molecule has 3 nitrogen and oxygen atoms in total. The largest absolute Gasteiger partial charge is 0.495 e. The molecule has 0 aliphatic carbocycles. The molecule has 2 aromatic rings. The Morgan fingerprint density at radius 3 is 2.50 bits per heavy atom. The Kier molecular flexibility index (Phi) is 4.40. The Hall–Kier alpha value is -2.30. The summed E-state index contributed by atoms with van der Waals surface area (Å²) in [6.45, 7) is 0.514. The molecule has 20 heavy (non-hydrogen) atoms. The Labute approximate surface area is 116 Å². The number of ether oxygens (including phenoxy) is 1. The molecule has 0 saturated carbocycles. The Balaban J connectivity index is 1.99. The number of nitrogens with two attached hydrogens (primary N) is 1. The third-order valence-corrected chi connectivity index (χ3v) is 2.94. The summed E-state index contributed by atoms with van der Waals surface area (Å²) in [7, 11) is 1.55. The summed E-state index contributed by atoms with van der Waals surface area (Å²) >= 11 is 0.